The average molecular weight is 529 g/mol. The summed E-state index contributed by atoms with van der Waals surface area (Å²) in [5.41, 5.74) is 6.24. The SMILES string of the molecule is O=C(Nc1ccccc1-c1ccc2ccc(-c3ccc4ccccc4c3)nc2c1)c1ccc(Br)cc1. The largest absolute Gasteiger partial charge is 0.321 e. The van der Waals surface area contributed by atoms with Crippen molar-refractivity contribution in [3.05, 3.63) is 131 Å². The minimum Gasteiger partial charge on any atom is -0.321 e. The lowest BCUT2D eigenvalue weighted by Crippen LogP contribution is -2.12. The molecule has 0 saturated carbocycles. The van der Waals surface area contributed by atoms with E-state index >= 15 is 0 Å². The lowest BCUT2D eigenvalue weighted by atomic mass is 10.0. The first-order valence-corrected chi connectivity index (χ1v) is 12.5. The molecule has 0 atom stereocenters. The van der Waals surface area contributed by atoms with Crippen molar-refractivity contribution in [3.63, 3.8) is 0 Å². The van der Waals surface area contributed by atoms with E-state index in [4.69, 9.17) is 4.98 Å². The van der Waals surface area contributed by atoms with Crippen LogP contribution in [0, 0.1) is 0 Å². The molecule has 6 rings (SSSR count). The Hall–Kier alpha value is -4.28. The predicted octanol–water partition coefficient (Wildman–Crippen LogP) is 8.74. The van der Waals surface area contributed by atoms with Gasteiger partial charge in [0.2, 0.25) is 0 Å². The summed E-state index contributed by atoms with van der Waals surface area (Å²) in [6.07, 6.45) is 0. The van der Waals surface area contributed by atoms with Crippen molar-refractivity contribution in [1.29, 1.82) is 0 Å². The molecular formula is C32H21BrN2O. The number of amides is 1. The number of pyridine rings is 1. The Kier molecular flexibility index (Phi) is 5.80. The number of para-hydroxylation sites is 1. The molecule has 4 heteroatoms. The zero-order valence-electron chi connectivity index (χ0n) is 19.3. The number of anilines is 1. The van der Waals surface area contributed by atoms with Crippen LogP contribution in [-0.4, -0.2) is 10.9 Å². The number of hydrogen-bond donors (Lipinski definition) is 1. The first-order valence-electron chi connectivity index (χ1n) is 11.7. The van der Waals surface area contributed by atoms with Gasteiger partial charge in [-0.15, -0.1) is 0 Å². The van der Waals surface area contributed by atoms with E-state index in [1.54, 1.807) is 12.1 Å². The summed E-state index contributed by atoms with van der Waals surface area (Å²) in [6.45, 7) is 0. The van der Waals surface area contributed by atoms with E-state index in [1.165, 1.54) is 10.8 Å². The summed E-state index contributed by atoms with van der Waals surface area (Å²) in [5, 5.41) is 6.55. The van der Waals surface area contributed by atoms with Gasteiger partial charge in [-0.3, -0.25) is 4.79 Å². The summed E-state index contributed by atoms with van der Waals surface area (Å²) in [5.74, 6) is -0.146. The lowest BCUT2D eigenvalue weighted by molar-refractivity contribution is 0.102. The van der Waals surface area contributed by atoms with Gasteiger partial charge in [-0.25, -0.2) is 4.98 Å². The summed E-state index contributed by atoms with van der Waals surface area (Å²) in [7, 11) is 0. The topological polar surface area (TPSA) is 42.0 Å². The molecule has 0 fully saturated rings. The maximum atomic E-state index is 12.9. The molecule has 0 unspecified atom stereocenters. The maximum absolute atomic E-state index is 12.9. The third-order valence-electron chi connectivity index (χ3n) is 6.33. The second-order valence-electron chi connectivity index (χ2n) is 8.67. The van der Waals surface area contributed by atoms with Gasteiger partial charge in [0, 0.05) is 32.2 Å². The molecule has 1 N–H and O–H groups in total. The van der Waals surface area contributed by atoms with Crippen molar-refractivity contribution in [3.8, 4) is 22.4 Å². The highest BCUT2D eigenvalue weighted by Crippen LogP contribution is 2.32. The van der Waals surface area contributed by atoms with Crippen LogP contribution in [0.4, 0.5) is 5.69 Å². The van der Waals surface area contributed by atoms with Crippen LogP contribution in [0.15, 0.2) is 126 Å². The third kappa shape index (κ3) is 4.39. The molecule has 172 valence electrons. The van der Waals surface area contributed by atoms with Crippen molar-refractivity contribution in [2.24, 2.45) is 0 Å². The highest BCUT2D eigenvalue weighted by molar-refractivity contribution is 9.10. The molecular weight excluding hydrogens is 508 g/mol. The molecule has 0 aliphatic carbocycles. The Morgan fingerprint density at radius 3 is 2.19 bits per heavy atom. The quantitative estimate of drug-likeness (QED) is 0.248. The van der Waals surface area contributed by atoms with Crippen LogP contribution in [0.1, 0.15) is 10.4 Å². The number of fused-ring (bicyclic) bond motifs is 2. The highest BCUT2D eigenvalue weighted by Gasteiger charge is 2.12. The van der Waals surface area contributed by atoms with Gasteiger partial charge in [0.05, 0.1) is 11.2 Å². The maximum Gasteiger partial charge on any atom is 0.255 e. The van der Waals surface area contributed by atoms with Crippen molar-refractivity contribution in [1.82, 2.24) is 4.98 Å². The Bertz CT molecular complexity index is 1740. The van der Waals surface area contributed by atoms with E-state index < -0.39 is 0 Å². The van der Waals surface area contributed by atoms with Crippen molar-refractivity contribution < 1.29 is 4.79 Å². The highest BCUT2D eigenvalue weighted by atomic mass is 79.9. The van der Waals surface area contributed by atoms with Gasteiger partial charge < -0.3 is 5.32 Å². The average Bonchev–Trinajstić information content (AvgIpc) is 2.93. The summed E-state index contributed by atoms with van der Waals surface area (Å²) < 4.78 is 0.936. The molecule has 0 spiro atoms. The van der Waals surface area contributed by atoms with E-state index in [0.717, 1.165) is 43.4 Å². The van der Waals surface area contributed by atoms with E-state index in [-0.39, 0.29) is 5.91 Å². The normalized spacial score (nSPS) is 11.0. The first-order chi connectivity index (χ1) is 17.6. The number of halogens is 1. The van der Waals surface area contributed by atoms with Gasteiger partial charge in [-0.1, -0.05) is 88.7 Å². The Balaban J connectivity index is 1.36. The molecule has 0 aliphatic heterocycles. The summed E-state index contributed by atoms with van der Waals surface area (Å²) in [4.78, 5) is 17.9. The number of aromatic nitrogens is 1. The Morgan fingerprint density at radius 2 is 1.33 bits per heavy atom. The van der Waals surface area contributed by atoms with Crippen LogP contribution >= 0.6 is 15.9 Å². The van der Waals surface area contributed by atoms with Crippen LogP contribution in [0.5, 0.6) is 0 Å². The summed E-state index contributed by atoms with van der Waals surface area (Å²) in [6, 6.07) is 40.4. The van der Waals surface area contributed by atoms with Crippen LogP contribution in [-0.2, 0) is 0 Å². The monoisotopic (exact) mass is 528 g/mol. The first kappa shape index (κ1) is 22.2. The van der Waals surface area contributed by atoms with Crippen LogP contribution < -0.4 is 5.32 Å². The van der Waals surface area contributed by atoms with Crippen LogP contribution in [0.25, 0.3) is 44.1 Å². The standard InChI is InChI=1S/C32H21BrN2O/c33-27-16-13-23(14-17-27)32(36)35-30-8-4-3-7-28(30)25-11-10-22-15-18-29(34-31(22)20-25)26-12-9-21-5-1-2-6-24(21)19-26/h1-20H,(H,35,36). The molecule has 0 radical (unpaired) electrons. The van der Waals surface area contributed by atoms with E-state index in [1.807, 2.05) is 36.4 Å². The van der Waals surface area contributed by atoms with Crippen LogP contribution in [0.2, 0.25) is 0 Å². The third-order valence-corrected chi connectivity index (χ3v) is 6.86. The number of nitrogens with zero attached hydrogens (tertiary/aromatic N) is 1. The number of benzene rings is 5. The van der Waals surface area contributed by atoms with Crippen molar-refractivity contribution in [2.45, 2.75) is 0 Å². The molecule has 0 aliphatic rings. The number of carbonyl (C=O) groups is 1. The second kappa shape index (κ2) is 9.40. The zero-order valence-corrected chi connectivity index (χ0v) is 20.9. The smallest absolute Gasteiger partial charge is 0.255 e. The van der Waals surface area contributed by atoms with Crippen molar-refractivity contribution in [2.75, 3.05) is 5.32 Å². The molecule has 36 heavy (non-hydrogen) atoms. The van der Waals surface area contributed by atoms with Gasteiger partial charge >= 0.3 is 0 Å². The Labute approximate surface area is 217 Å². The minimum absolute atomic E-state index is 0.146. The minimum atomic E-state index is -0.146. The molecule has 5 aromatic carbocycles. The van der Waals surface area contributed by atoms with Gasteiger partial charge in [-0.05, 0) is 64.9 Å². The fraction of sp³-hybridized carbons (Fsp3) is 0. The number of hydrogen-bond acceptors (Lipinski definition) is 2. The summed E-state index contributed by atoms with van der Waals surface area (Å²) >= 11 is 3.42. The van der Waals surface area contributed by atoms with Gasteiger partial charge in [0.1, 0.15) is 0 Å². The molecule has 1 amide bonds. The molecule has 3 nitrogen and oxygen atoms in total. The number of carbonyl (C=O) groups excluding carboxylic acids is 1. The Morgan fingerprint density at radius 1 is 0.639 bits per heavy atom. The molecule has 1 heterocycles. The number of rotatable bonds is 4. The molecule has 0 bridgehead atoms. The van der Waals surface area contributed by atoms with Crippen molar-refractivity contribution >= 4 is 49.2 Å². The van der Waals surface area contributed by atoms with E-state index in [0.29, 0.717) is 5.56 Å². The number of nitrogens with one attached hydrogen (secondary N) is 1. The predicted molar refractivity (Wildman–Crippen MR) is 152 cm³/mol. The van der Waals surface area contributed by atoms with Crippen LogP contribution in [0.3, 0.4) is 0 Å². The molecule has 0 saturated heterocycles. The van der Waals surface area contributed by atoms with Gasteiger partial charge in [-0.2, -0.15) is 0 Å². The van der Waals surface area contributed by atoms with Gasteiger partial charge in [0.15, 0.2) is 0 Å². The zero-order chi connectivity index (χ0) is 24.5. The fourth-order valence-electron chi connectivity index (χ4n) is 4.43. The molecule has 6 aromatic rings. The second-order valence-corrected chi connectivity index (χ2v) is 9.59. The van der Waals surface area contributed by atoms with E-state index in [2.05, 4.69) is 94.0 Å². The van der Waals surface area contributed by atoms with Gasteiger partial charge in [0.25, 0.3) is 5.91 Å². The lowest BCUT2D eigenvalue weighted by Gasteiger charge is -2.12. The van der Waals surface area contributed by atoms with E-state index in [9.17, 15) is 4.79 Å². The molecule has 1 aromatic heterocycles. The fourth-order valence-corrected chi connectivity index (χ4v) is 4.70.